The number of nitrogens with one attached hydrogen (secondary N) is 3. The van der Waals surface area contributed by atoms with Crippen LogP contribution in [0.2, 0.25) is 0 Å². The van der Waals surface area contributed by atoms with Crippen molar-refractivity contribution in [1.29, 1.82) is 0 Å². The molecule has 0 aliphatic rings. The molecule has 0 heterocycles. The second kappa shape index (κ2) is 9.37. The van der Waals surface area contributed by atoms with Crippen molar-refractivity contribution in [1.82, 2.24) is 16.0 Å². The minimum absolute atomic E-state index is 0.0325. The van der Waals surface area contributed by atoms with Crippen LogP contribution in [0, 0.1) is 11.8 Å². The lowest BCUT2D eigenvalue weighted by atomic mass is 9.99. The van der Waals surface area contributed by atoms with E-state index in [1.54, 1.807) is 20.9 Å². The number of aliphatic carboxylic acids is 1. The van der Waals surface area contributed by atoms with Gasteiger partial charge in [0.1, 0.15) is 12.1 Å². The number of carbonyl (C=O) groups excluding carboxylic acids is 2. The van der Waals surface area contributed by atoms with Gasteiger partial charge in [-0.2, -0.15) is 0 Å². The molecule has 0 aliphatic carbocycles. The zero-order valence-corrected chi connectivity index (χ0v) is 13.7. The number of rotatable bonds is 9. The van der Waals surface area contributed by atoms with Crippen LogP contribution in [-0.4, -0.2) is 59.8 Å². The lowest BCUT2D eigenvalue weighted by Gasteiger charge is -2.27. The summed E-state index contributed by atoms with van der Waals surface area (Å²) in [5.41, 5.74) is 0. The summed E-state index contributed by atoms with van der Waals surface area (Å²) in [6, 6.07) is -2.73. The number of amides is 2. The summed E-state index contributed by atoms with van der Waals surface area (Å²) in [6.45, 7) is 6.51. The van der Waals surface area contributed by atoms with E-state index in [4.69, 9.17) is 10.2 Å². The van der Waals surface area contributed by atoms with Gasteiger partial charge in [-0.05, 0) is 18.9 Å². The molecule has 0 spiro atoms. The predicted octanol–water partition coefficient (Wildman–Crippen LogP) is -1.07. The highest BCUT2D eigenvalue weighted by atomic mass is 16.4. The minimum atomic E-state index is -1.39. The van der Waals surface area contributed by atoms with Crippen LogP contribution in [0.5, 0.6) is 0 Å². The maximum Gasteiger partial charge on any atom is 0.328 e. The van der Waals surface area contributed by atoms with Gasteiger partial charge in [-0.15, -0.1) is 0 Å². The Morgan fingerprint density at radius 2 is 1.36 bits per heavy atom. The molecular formula is C14H27N3O5. The summed E-state index contributed by atoms with van der Waals surface area (Å²) in [4.78, 5) is 35.2. The predicted molar refractivity (Wildman–Crippen MR) is 81.1 cm³/mol. The van der Waals surface area contributed by atoms with Gasteiger partial charge in [0.05, 0.1) is 12.6 Å². The number of carboxylic acids is 1. The van der Waals surface area contributed by atoms with Crippen LogP contribution in [0.1, 0.15) is 27.7 Å². The molecule has 0 unspecified atom stereocenters. The minimum Gasteiger partial charge on any atom is -0.480 e. The van der Waals surface area contributed by atoms with Crippen LogP contribution in [0.3, 0.4) is 0 Å². The Bertz CT molecular complexity index is 398. The summed E-state index contributed by atoms with van der Waals surface area (Å²) in [5.74, 6) is -2.50. The van der Waals surface area contributed by atoms with Gasteiger partial charge in [-0.1, -0.05) is 27.7 Å². The number of likely N-dealkylation sites (N-methyl/N-ethyl adjacent to an activating group) is 1. The molecule has 2 amide bonds. The molecule has 0 radical (unpaired) electrons. The first kappa shape index (κ1) is 20.3. The third-order valence-electron chi connectivity index (χ3n) is 3.30. The van der Waals surface area contributed by atoms with Crippen molar-refractivity contribution < 1.29 is 24.6 Å². The molecule has 0 aromatic heterocycles. The van der Waals surface area contributed by atoms with Crippen molar-refractivity contribution in [2.24, 2.45) is 11.8 Å². The van der Waals surface area contributed by atoms with Crippen molar-refractivity contribution in [3.8, 4) is 0 Å². The maximum atomic E-state index is 12.2. The summed E-state index contributed by atoms with van der Waals surface area (Å²) >= 11 is 0. The molecule has 3 atom stereocenters. The Kier molecular flexibility index (Phi) is 8.66. The summed E-state index contributed by atoms with van der Waals surface area (Å²) in [7, 11) is 1.65. The van der Waals surface area contributed by atoms with E-state index in [2.05, 4.69) is 16.0 Å². The first-order chi connectivity index (χ1) is 10.1. The molecule has 22 heavy (non-hydrogen) atoms. The Labute approximate surface area is 130 Å². The van der Waals surface area contributed by atoms with Gasteiger partial charge in [-0.3, -0.25) is 9.59 Å². The third-order valence-corrected chi connectivity index (χ3v) is 3.30. The summed E-state index contributed by atoms with van der Waals surface area (Å²) in [5, 5.41) is 25.5. The molecule has 8 nitrogen and oxygen atoms in total. The fraction of sp³-hybridized carbons (Fsp3) is 0.786. The van der Waals surface area contributed by atoms with E-state index in [9.17, 15) is 14.4 Å². The van der Waals surface area contributed by atoms with Crippen molar-refractivity contribution in [2.45, 2.75) is 45.8 Å². The lowest BCUT2D eigenvalue weighted by Crippen LogP contribution is -2.57. The van der Waals surface area contributed by atoms with Gasteiger partial charge in [0, 0.05) is 0 Å². The van der Waals surface area contributed by atoms with Gasteiger partial charge in [0.15, 0.2) is 0 Å². The third kappa shape index (κ3) is 5.98. The topological polar surface area (TPSA) is 128 Å². The fourth-order valence-electron chi connectivity index (χ4n) is 1.99. The SMILES string of the molecule is CN[C@H](C(=O)N[C@H](C(=O)N[C@@H](CO)C(=O)O)C(C)C)C(C)C. The van der Waals surface area contributed by atoms with Crippen LogP contribution in [0.4, 0.5) is 0 Å². The van der Waals surface area contributed by atoms with Gasteiger partial charge in [0.25, 0.3) is 0 Å². The first-order valence-electron chi connectivity index (χ1n) is 7.27. The van der Waals surface area contributed by atoms with Crippen molar-refractivity contribution in [3.05, 3.63) is 0 Å². The standard InChI is InChI=1S/C14H27N3O5/c1-7(2)10(15-5)12(19)17-11(8(3)4)13(20)16-9(6-18)14(21)22/h7-11,15,18H,6H2,1-5H3,(H,16,20)(H,17,19)(H,21,22)/t9-,10-,11-/m0/s1. The Morgan fingerprint density at radius 3 is 1.68 bits per heavy atom. The highest BCUT2D eigenvalue weighted by Gasteiger charge is 2.30. The van der Waals surface area contributed by atoms with E-state index in [-0.39, 0.29) is 17.7 Å². The molecule has 0 aromatic carbocycles. The van der Waals surface area contributed by atoms with Gasteiger partial charge in [-0.25, -0.2) is 4.79 Å². The average Bonchev–Trinajstić information content (AvgIpc) is 2.41. The van der Waals surface area contributed by atoms with Gasteiger partial charge < -0.3 is 26.2 Å². The molecule has 0 fully saturated rings. The molecule has 0 saturated carbocycles. The maximum absolute atomic E-state index is 12.2. The van der Waals surface area contributed by atoms with E-state index in [0.717, 1.165) is 0 Å². The largest absolute Gasteiger partial charge is 0.480 e. The second-order valence-corrected chi connectivity index (χ2v) is 5.82. The van der Waals surface area contributed by atoms with E-state index in [1.807, 2.05) is 13.8 Å². The number of aliphatic hydroxyl groups excluding tert-OH is 1. The van der Waals surface area contributed by atoms with E-state index in [0.29, 0.717) is 0 Å². The zero-order valence-electron chi connectivity index (χ0n) is 13.7. The van der Waals surface area contributed by atoms with Gasteiger partial charge >= 0.3 is 5.97 Å². The number of hydrogen-bond donors (Lipinski definition) is 5. The molecule has 0 aromatic rings. The molecular weight excluding hydrogens is 290 g/mol. The molecule has 5 N–H and O–H groups in total. The normalized spacial score (nSPS) is 15.3. The van der Waals surface area contributed by atoms with Crippen molar-refractivity contribution >= 4 is 17.8 Å². The quantitative estimate of drug-likeness (QED) is 0.368. The van der Waals surface area contributed by atoms with Crippen LogP contribution in [0.25, 0.3) is 0 Å². The number of aliphatic hydroxyl groups is 1. The van der Waals surface area contributed by atoms with Crippen LogP contribution in [-0.2, 0) is 14.4 Å². The lowest BCUT2D eigenvalue weighted by molar-refractivity contribution is -0.143. The van der Waals surface area contributed by atoms with Crippen molar-refractivity contribution in [3.63, 3.8) is 0 Å². The molecule has 0 bridgehead atoms. The summed E-state index contributed by atoms with van der Waals surface area (Å²) < 4.78 is 0. The van der Waals surface area contributed by atoms with Crippen LogP contribution < -0.4 is 16.0 Å². The first-order valence-corrected chi connectivity index (χ1v) is 7.27. The Hall–Kier alpha value is -1.67. The second-order valence-electron chi connectivity index (χ2n) is 5.82. The smallest absolute Gasteiger partial charge is 0.328 e. The Morgan fingerprint density at radius 1 is 0.909 bits per heavy atom. The van der Waals surface area contributed by atoms with E-state index in [1.165, 1.54) is 0 Å². The monoisotopic (exact) mass is 317 g/mol. The van der Waals surface area contributed by atoms with Crippen LogP contribution in [0.15, 0.2) is 0 Å². The molecule has 0 aliphatic heterocycles. The molecule has 128 valence electrons. The molecule has 0 rings (SSSR count). The fourth-order valence-corrected chi connectivity index (χ4v) is 1.99. The zero-order chi connectivity index (χ0) is 17.4. The molecule has 8 heteroatoms. The number of carbonyl (C=O) groups is 3. The van der Waals surface area contributed by atoms with E-state index >= 15 is 0 Å². The Balaban J connectivity index is 4.96. The van der Waals surface area contributed by atoms with Crippen LogP contribution >= 0.6 is 0 Å². The summed E-state index contributed by atoms with van der Waals surface area (Å²) in [6.07, 6.45) is 0. The van der Waals surface area contributed by atoms with Gasteiger partial charge in [0.2, 0.25) is 11.8 Å². The molecule has 0 saturated heterocycles. The highest BCUT2D eigenvalue weighted by Crippen LogP contribution is 2.06. The highest BCUT2D eigenvalue weighted by molar-refractivity contribution is 5.92. The van der Waals surface area contributed by atoms with Crippen molar-refractivity contribution in [2.75, 3.05) is 13.7 Å². The average molecular weight is 317 g/mol. The number of carboxylic acid groups (broad SMARTS) is 1. The number of hydrogen-bond acceptors (Lipinski definition) is 5. The van der Waals surface area contributed by atoms with E-state index < -0.39 is 36.6 Å².